The van der Waals surface area contributed by atoms with Crippen molar-refractivity contribution in [3.05, 3.63) is 57.5 Å². The van der Waals surface area contributed by atoms with Gasteiger partial charge < -0.3 is 29.7 Å². The topological polar surface area (TPSA) is 116 Å². The zero-order valence-corrected chi connectivity index (χ0v) is 18.3. The molecule has 1 aromatic carbocycles. The lowest BCUT2D eigenvalue weighted by molar-refractivity contribution is -0.142. The second kappa shape index (κ2) is 9.51. The van der Waals surface area contributed by atoms with Crippen molar-refractivity contribution in [3.63, 3.8) is 0 Å². The van der Waals surface area contributed by atoms with Crippen molar-refractivity contribution in [2.45, 2.75) is 38.7 Å². The van der Waals surface area contributed by atoms with Gasteiger partial charge in [0.15, 0.2) is 0 Å². The summed E-state index contributed by atoms with van der Waals surface area (Å²) < 4.78 is 6.87. The normalized spacial score (nSPS) is 17.2. The molecule has 0 aliphatic carbocycles. The van der Waals surface area contributed by atoms with E-state index in [9.17, 15) is 19.8 Å². The van der Waals surface area contributed by atoms with Gasteiger partial charge in [-0.2, -0.15) is 0 Å². The highest BCUT2D eigenvalue weighted by Crippen LogP contribution is 2.41. The fourth-order valence-electron chi connectivity index (χ4n) is 3.88. The van der Waals surface area contributed by atoms with Crippen molar-refractivity contribution < 1.29 is 19.7 Å². The molecule has 0 spiro atoms. The van der Waals surface area contributed by atoms with Crippen molar-refractivity contribution >= 4 is 17.3 Å². The number of fused-ring (bicyclic) bond motifs is 1. The number of rotatable bonds is 9. The molecule has 31 heavy (non-hydrogen) atoms. The number of aliphatic hydroxyl groups is 1. The standard InChI is InChI=1S/C22H30N4O5/c1-13-9-16(12-25(3)21(13)28)20-24-17-10-15(11-23-19(14(2)27)22(29)30)5-6-18(17)26(20)7-8-31-4/h5-6,9-10,12,14,19-20,23-24,27H,7-8,11H2,1-4H3,(H,29,30)/t14-,19+,20?/m1/s1. The van der Waals surface area contributed by atoms with Crippen molar-refractivity contribution in [1.29, 1.82) is 0 Å². The molecule has 0 radical (unpaired) electrons. The number of benzene rings is 1. The molecule has 1 aromatic heterocycles. The second-order valence-electron chi connectivity index (χ2n) is 7.89. The van der Waals surface area contributed by atoms with Crippen LogP contribution in [0.25, 0.3) is 0 Å². The van der Waals surface area contributed by atoms with Gasteiger partial charge in [-0.1, -0.05) is 6.07 Å². The third kappa shape index (κ3) is 4.90. The van der Waals surface area contributed by atoms with Crippen LogP contribution in [0.5, 0.6) is 0 Å². The van der Waals surface area contributed by atoms with Crippen LogP contribution in [0.15, 0.2) is 35.3 Å². The molecule has 0 saturated carbocycles. The number of carboxylic acid groups (broad SMARTS) is 1. The highest BCUT2D eigenvalue weighted by Gasteiger charge is 2.30. The molecule has 2 heterocycles. The average molecular weight is 431 g/mol. The molecule has 168 valence electrons. The Morgan fingerprint density at radius 2 is 2.10 bits per heavy atom. The van der Waals surface area contributed by atoms with Crippen molar-refractivity contribution in [2.24, 2.45) is 7.05 Å². The Kier molecular flexibility index (Phi) is 6.99. The number of hydrogen-bond acceptors (Lipinski definition) is 7. The highest BCUT2D eigenvalue weighted by atomic mass is 16.5. The maximum Gasteiger partial charge on any atom is 0.323 e. The van der Waals surface area contributed by atoms with Gasteiger partial charge in [-0.25, -0.2) is 0 Å². The van der Waals surface area contributed by atoms with E-state index in [2.05, 4.69) is 15.5 Å². The fraction of sp³-hybridized carbons (Fsp3) is 0.455. The molecular formula is C22H30N4O5. The van der Waals surface area contributed by atoms with Gasteiger partial charge in [0.1, 0.15) is 12.2 Å². The van der Waals surface area contributed by atoms with Crippen LogP contribution in [0.4, 0.5) is 11.4 Å². The minimum atomic E-state index is -1.09. The van der Waals surface area contributed by atoms with E-state index in [1.54, 1.807) is 25.6 Å². The first-order chi connectivity index (χ1) is 14.7. The van der Waals surface area contributed by atoms with E-state index in [-0.39, 0.29) is 11.7 Å². The number of hydrogen-bond donors (Lipinski definition) is 4. The Morgan fingerprint density at radius 3 is 2.71 bits per heavy atom. The van der Waals surface area contributed by atoms with Crippen LogP contribution in [0.3, 0.4) is 0 Å². The van der Waals surface area contributed by atoms with E-state index in [1.807, 2.05) is 30.5 Å². The van der Waals surface area contributed by atoms with Gasteiger partial charge in [-0.05, 0) is 37.6 Å². The Labute approximate surface area is 181 Å². The first-order valence-corrected chi connectivity index (χ1v) is 10.2. The molecule has 1 aliphatic rings. The van der Waals surface area contributed by atoms with Crippen LogP contribution in [0.2, 0.25) is 0 Å². The van der Waals surface area contributed by atoms with Gasteiger partial charge in [0.25, 0.3) is 5.56 Å². The van der Waals surface area contributed by atoms with E-state index in [0.717, 1.165) is 22.5 Å². The monoisotopic (exact) mass is 430 g/mol. The minimum Gasteiger partial charge on any atom is -0.480 e. The molecule has 9 heteroatoms. The number of nitrogens with zero attached hydrogens (tertiary/aromatic N) is 2. The summed E-state index contributed by atoms with van der Waals surface area (Å²) in [7, 11) is 3.40. The van der Waals surface area contributed by atoms with Crippen molar-refractivity contribution in [2.75, 3.05) is 30.5 Å². The summed E-state index contributed by atoms with van der Waals surface area (Å²) in [6.45, 7) is 4.75. The molecule has 0 amide bonds. The zero-order chi connectivity index (χ0) is 22.7. The molecule has 3 rings (SSSR count). The molecular weight excluding hydrogens is 400 g/mol. The molecule has 9 nitrogen and oxygen atoms in total. The molecule has 3 atom stereocenters. The third-order valence-corrected chi connectivity index (χ3v) is 5.48. The van der Waals surface area contributed by atoms with E-state index in [1.165, 1.54) is 6.92 Å². The zero-order valence-electron chi connectivity index (χ0n) is 18.3. The van der Waals surface area contributed by atoms with Gasteiger partial charge >= 0.3 is 5.97 Å². The second-order valence-corrected chi connectivity index (χ2v) is 7.89. The number of aryl methyl sites for hydroxylation is 2. The number of aromatic nitrogens is 1. The summed E-state index contributed by atoms with van der Waals surface area (Å²) in [5.74, 6) is -1.09. The number of ether oxygens (including phenoxy) is 1. The molecule has 4 N–H and O–H groups in total. The molecule has 2 aromatic rings. The number of aliphatic carboxylic acids is 1. The van der Waals surface area contributed by atoms with Gasteiger partial charge in [0, 0.05) is 44.6 Å². The van der Waals surface area contributed by atoms with Gasteiger partial charge in [-0.15, -0.1) is 0 Å². The Hall–Kier alpha value is -2.88. The van der Waals surface area contributed by atoms with E-state index >= 15 is 0 Å². The molecule has 0 bridgehead atoms. The van der Waals surface area contributed by atoms with Crippen molar-refractivity contribution in [1.82, 2.24) is 9.88 Å². The fourth-order valence-corrected chi connectivity index (χ4v) is 3.88. The van der Waals surface area contributed by atoms with Crippen molar-refractivity contribution in [3.8, 4) is 0 Å². The lowest BCUT2D eigenvalue weighted by Gasteiger charge is -2.27. The lowest BCUT2D eigenvalue weighted by Crippen LogP contribution is -2.44. The predicted octanol–water partition coefficient (Wildman–Crippen LogP) is 1.19. The number of anilines is 2. The van der Waals surface area contributed by atoms with E-state index in [0.29, 0.717) is 25.3 Å². The largest absolute Gasteiger partial charge is 0.480 e. The smallest absolute Gasteiger partial charge is 0.323 e. The number of carboxylic acids is 1. The summed E-state index contributed by atoms with van der Waals surface area (Å²) in [6.07, 6.45) is 0.663. The lowest BCUT2D eigenvalue weighted by atomic mass is 10.1. The number of pyridine rings is 1. The maximum atomic E-state index is 12.1. The SMILES string of the molecule is COCCN1c2ccc(CN[C@H](C(=O)O)[C@@H](C)O)cc2NC1c1cc(C)c(=O)n(C)c1. The molecule has 0 saturated heterocycles. The Balaban J connectivity index is 1.87. The first-order valence-electron chi connectivity index (χ1n) is 10.2. The number of methoxy groups -OCH3 is 1. The Morgan fingerprint density at radius 1 is 1.35 bits per heavy atom. The molecule has 0 fully saturated rings. The number of nitrogens with one attached hydrogen (secondary N) is 2. The van der Waals surface area contributed by atoms with Gasteiger partial charge in [0.2, 0.25) is 0 Å². The number of carbonyl (C=O) groups is 1. The summed E-state index contributed by atoms with van der Waals surface area (Å²) in [5.41, 5.74) is 4.42. The molecule has 1 unspecified atom stereocenters. The van der Waals surface area contributed by atoms with Crippen LogP contribution < -0.4 is 21.1 Å². The van der Waals surface area contributed by atoms with E-state index in [4.69, 9.17) is 4.74 Å². The average Bonchev–Trinajstić information content (AvgIpc) is 3.07. The number of aliphatic hydroxyl groups excluding tert-OH is 1. The summed E-state index contributed by atoms with van der Waals surface area (Å²) in [4.78, 5) is 25.6. The highest BCUT2D eigenvalue weighted by molar-refractivity contribution is 5.77. The predicted molar refractivity (Wildman–Crippen MR) is 118 cm³/mol. The first kappa shape index (κ1) is 22.8. The molecule has 1 aliphatic heterocycles. The van der Waals surface area contributed by atoms with Crippen LogP contribution in [-0.4, -0.2) is 53.2 Å². The van der Waals surface area contributed by atoms with Crippen LogP contribution in [0.1, 0.15) is 29.8 Å². The van der Waals surface area contributed by atoms with Crippen LogP contribution in [0, 0.1) is 6.92 Å². The third-order valence-electron chi connectivity index (χ3n) is 5.48. The summed E-state index contributed by atoms with van der Waals surface area (Å²) in [6, 6.07) is 6.75. The minimum absolute atomic E-state index is 0.0258. The van der Waals surface area contributed by atoms with Gasteiger partial charge in [-0.3, -0.25) is 14.9 Å². The summed E-state index contributed by atoms with van der Waals surface area (Å²) >= 11 is 0. The van der Waals surface area contributed by atoms with E-state index < -0.39 is 18.1 Å². The quantitative estimate of drug-likeness (QED) is 0.469. The summed E-state index contributed by atoms with van der Waals surface area (Å²) in [5, 5.41) is 25.3. The van der Waals surface area contributed by atoms with Gasteiger partial charge in [0.05, 0.1) is 24.1 Å². The van der Waals surface area contributed by atoms with Crippen LogP contribution in [-0.2, 0) is 23.1 Å². The Bertz CT molecular complexity index is 978. The van der Waals surface area contributed by atoms with Crippen LogP contribution >= 0.6 is 0 Å². The maximum absolute atomic E-state index is 12.1.